The first-order chi connectivity index (χ1) is 8.88. The molecule has 2 rings (SSSR count). The molecule has 0 bridgehead atoms. The van der Waals surface area contributed by atoms with Gasteiger partial charge in [-0.3, -0.25) is 4.79 Å². The van der Waals surface area contributed by atoms with E-state index >= 15 is 0 Å². The van der Waals surface area contributed by atoms with Crippen LogP contribution in [0.4, 0.5) is 13.2 Å². The van der Waals surface area contributed by atoms with E-state index in [0.29, 0.717) is 25.2 Å². The fraction of sp³-hybridized carbons (Fsp3) is 0.462. The van der Waals surface area contributed by atoms with Crippen molar-refractivity contribution in [1.82, 2.24) is 10.2 Å². The molecule has 6 heteroatoms. The Kier molecular flexibility index (Phi) is 3.80. The fourth-order valence-electron chi connectivity index (χ4n) is 2.06. The summed E-state index contributed by atoms with van der Waals surface area (Å²) in [7, 11) is 0. The molecule has 1 aliphatic heterocycles. The first kappa shape index (κ1) is 13.9. The van der Waals surface area contributed by atoms with Crippen molar-refractivity contribution in [2.45, 2.75) is 25.7 Å². The van der Waals surface area contributed by atoms with Gasteiger partial charge in [0.1, 0.15) is 0 Å². The van der Waals surface area contributed by atoms with Crippen molar-refractivity contribution < 1.29 is 18.0 Å². The molecule has 1 fully saturated rings. The molecule has 1 aliphatic rings. The molecule has 1 atom stereocenters. The van der Waals surface area contributed by atoms with E-state index in [1.807, 2.05) is 0 Å². The average molecular weight is 272 g/mol. The molecule has 19 heavy (non-hydrogen) atoms. The quantitative estimate of drug-likeness (QED) is 0.893. The second-order valence-corrected chi connectivity index (χ2v) is 4.63. The molecule has 1 unspecified atom stereocenters. The Morgan fingerprint density at radius 3 is 2.53 bits per heavy atom. The van der Waals surface area contributed by atoms with Gasteiger partial charge >= 0.3 is 6.18 Å². The van der Waals surface area contributed by atoms with Crippen LogP contribution in [-0.4, -0.2) is 29.9 Å². The van der Waals surface area contributed by atoms with Gasteiger partial charge in [-0.1, -0.05) is 12.1 Å². The Hall–Kier alpha value is -1.56. The van der Waals surface area contributed by atoms with Gasteiger partial charge in [0.05, 0.1) is 11.6 Å². The lowest BCUT2D eigenvalue weighted by Crippen LogP contribution is -2.53. The Balaban J connectivity index is 2.05. The van der Waals surface area contributed by atoms with Crippen molar-refractivity contribution in [1.29, 1.82) is 0 Å². The molecule has 1 saturated heterocycles. The van der Waals surface area contributed by atoms with Crippen molar-refractivity contribution in [3.05, 3.63) is 35.4 Å². The standard InChI is InChI=1S/C13H15F3N2O/c1-9-12(19)18(7-6-17-9)8-10-2-4-11(5-3-10)13(14,15)16/h2-5,9,17H,6-8H2,1H3. The molecular weight excluding hydrogens is 257 g/mol. The summed E-state index contributed by atoms with van der Waals surface area (Å²) < 4.78 is 37.3. The smallest absolute Gasteiger partial charge is 0.336 e. The molecule has 0 radical (unpaired) electrons. The summed E-state index contributed by atoms with van der Waals surface area (Å²) >= 11 is 0. The predicted molar refractivity (Wildman–Crippen MR) is 64.3 cm³/mol. The van der Waals surface area contributed by atoms with E-state index in [0.717, 1.165) is 12.1 Å². The second-order valence-electron chi connectivity index (χ2n) is 4.63. The van der Waals surface area contributed by atoms with E-state index in [2.05, 4.69) is 5.32 Å². The number of amides is 1. The van der Waals surface area contributed by atoms with Crippen molar-refractivity contribution in [2.75, 3.05) is 13.1 Å². The highest BCUT2D eigenvalue weighted by atomic mass is 19.4. The molecule has 1 aromatic rings. The minimum atomic E-state index is -4.32. The van der Waals surface area contributed by atoms with Crippen LogP contribution in [0.2, 0.25) is 0 Å². The Morgan fingerprint density at radius 1 is 1.32 bits per heavy atom. The van der Waals surface area contributed by atoms with E-state index in [4.69, 9.17) is 0 Å². The maximum absolute atomic E-state index is 12.4. The Morgan fingerprint density at radius 2 is 1.95 bits per heavy atom. The molecule has 1 heterocycles. The molecular formula is C13H15F3N2O. The second kappa shape index (κ2) is 5.21. The number of nitrogens with zero attached hydrogens (tertiary/aromatic N) is 1. The zero-order valence-corrected chi connectivity index (χ0v) is 10.5. The van der Waals surface area contributed by atoms with Crippen LogP contribution in [0.3, 0.4) is 0 Å². The monoisotopic (exact) mass is 272 g/mol. The SMILES string of the molecule is CC1NCCN(Cc2ccc(C(F)(F)F)cc2)C1=O. The van der Waals surface area contributed by atoms with E-state index in [-0.39, 0.29) is 11.9 Å². The van der Waals surface area contributed by atoms with Crippen molar-refractivity contribution >= 4 is 5.91 Å². The van der Waals surface area contributed by atoms with Gasteiger partial charge in [-0.25, -0.2) is 0 Å². The number of carbonyl (C=O) groups excluding carboxylic acids is 1. The number of hydrogen-bond donors (Lipinski definition) is 1. The average Bonchev–Trinajstić information content (AvgIpc) is 2.35. The van der Waals surface area contributed by atoms with E-state index < -0.39 is 11.7 Å². The molecule has 1 amide bonds. The summed E-state index contributed by atoms with van der Waals surface area (Å²) in [5.41, 5.74) is 0.0340. The van der Waals surface area contributed by atoms with Crippen molar-refractivity contribution in [3.63, 3.8) is 0 Å². The zero-order valence-electron chi connectivity index (χ0n) is 10.5. The first-order valence-corrected chi connectivity index (χ1v) is 6.06. The summed E-state index contributed by atoms with van der Waals surface area (Å²) in [4.78, 5) is 13.5. The molecule has 0 saturated carbocycles. The normalized spacial score (nSPS) is 20.7. The van der Waals surface area contributed by atoms with E-state index in [1.54, 1.807) is 11.8 Å². The highest BCUT2D eigenvalue weighted by molar-refractivity contribution is 5.82. The molecule has 3 nitrogen and oxygen atoms in total. The van der Waals surface area contributed by atoms with Gasteiger partial charge in [-0.2, -0.15) is 13.2 Å². The summed E-state index contributed by atoms with van der Waals surface area (Å²) in [6, 6.07) is 4.70. The van der Waals surface area contributed by atoms with Crippen LogP contribution in [0.1, 0.15) is 18.1 Å². The van der Waals surface area contributed by atoms with Gasteiger partial charge < -0.3 is 10.2 Å². The molecule has 104 valence electrons. The van der Waals surface area contributed by atoms with E-state index in [1.165, 1.54) is 12.1 Å². The minimum Gasteiger partial charge on any atom is -0.336 e. The Labute approximate surface area is 109 Å². The van der Waals surface area contributed by atoms with Crippen LogP contribution < -0.4 is 5.32 Å². The zero-order chi connectivity index (χ0) is 14.0. The fourth-order valence-corrected chi connectivity index (χ4v) is 2.06. The molecule has 1 N–H and O–H groups in total. The van der Waals surface area contributed by atoms with Crippen LogP contribution in [0.25, 0.3) is 0 Å². The van der Waals surface area contributed by atoms with Gasteiger partial charge in [0, 0.05) is 19.6 Å². The van der Waals surface area contributed by atoms with Gasteiger partial charge in [0.2, 0.25) is 5.91 Å². The van der Waals surface area contributed by atoms with Crippen LogP contribution in [0, 0.1) is 0 Å². The number of benzene rings is 1. The van der Waals surface area contributed by atoms with Crippen LogP contribution in [-0.2, 0) is 17.5 Å². The van der Waals surface area contributed by atoms with E-state index in [9.17, 15) is 18.0 Å². The van der Waals surface area contributed by atoms with Gasteiger partial charge in [-0.15, -0.1) is 0 Å². The summed E-state index contributed by atoms with van der Waals surface area (Å²) in [5, 5.41) is 3.04. The molecule has 0 aromatic heterocycles. The summed E-state index contributed by atoms with van der Waals surface area (Å²) in [5.74, 6) is -0.0221. The maximum atomic E-state index is 12.4. The molecule has 1 aromatic carbocycles. The number of nitrogens with one attached hydrogen (secondary N) is 1. The van der Waals surface area contributed by atoms with Crippen molar-refractivity contribution in [3.8, 4) is 0 Å². The lowest BCUT2D eigenvalue weighted by Gasteiger charge is -2.31. The first-order valence-electron chi connectivity index (χ1n) is 6.06. The van der Waals surface area contributed by atoms with Gasteiger partial charge in [0.25, 0.3) is 0 Å². The van der Waals surface area contributed by atoms with Crippen LogP contribution in [0.5, 0.6) is 0 Å². The third-order valence-corrected chi connectivity index (χ3v) is 3.17. The van der Waals surface area contributed by atoms with Crippen molar-refractivity contribution in [2.24, 2.45) is 0 Å². The van der Waals surface area contributed by atoms with Gasteiger partial charge in [0.15, 0.2) is 0 Å². The topological polar surface area (TPSA) is 32.3 Å². The number of hydrogen-bond acceptors (Lipinski definition) is 2. The number of rotatable bonds is 2. The maximum Gasteiger partial charge on any atom is 0.416 e. The van der Waals surface area contributed by atoms with Crippen LogP contribution >= 0.6 is 0 Å². The highest BCUT2D eigenvalue weighted by Crippen LogP contribution is 2.29. The lowest BCUT2D eigenvalue weighted by molar-refractivity contribution is -0.138. The molecule has 0 spiro atoms. The summed E-state index contributed by atoms with van der Waals surface area (Å²) in [6.07, 6.45) is -4.32. The third kappa shape index (κ3) is 3.26. The highest BCUT2D eigenvalue weighted by Gasteiger charge is 2.30. The Bertz CT molecular complexity index is 456. The minimum absolute atomic E-state index is 0.0221. The predicted octanol–water partition coefficient (Wildman–Crippen LogP) is 2.03. The number of carbonyl (C=O) groups is 1. The largest absolute Gasteiger partial charge is 0.416 e. The molecule has 0 aliphatic carbocycles. The third-order valence-electron chi connectivity index (χ3n) is 3.17. The number of piperazine rings is 1. The number of alkyl halides is 3. The summed E-state index contributed by atoms with van der Waals surface area (Å²) in [6.45, 7) is 3.40. The van der Waals surface area contributed by atoms with Gasteiger partial charge in [-0.05, 0) is 24.6 Å². The lowest BCUT2D eigenvalue weighted by atomic mass is 10.1. The number of halogens is 3. The van der Waals surface area contributed by atoms with Crippen LogP contribution in [0.15, 0.2) is 24.3 Å².